The van der Waals surface area contributed by atoms with Crippen molar-refractivity contribution in [2.45, 2.75) is 46.1 Å². The van der Waals surface area contributed by atoms with Crippen LogP contribution in [0.4, 0.5) is 5.69 Å². The van der Waals surface area contributed by atoms with Crippen LogP contribution in [0.2, 0.25) is 0 Å². The van der Waals surface area contributed by atoms with E-state index in [4.69, 9.17) is 15.2 Å². The van der Waals surface area contributed by atoms with E-state index in [1.165, 1.54) is 6.42 Å². The molecule has 106 valence electrons. The second kappa shape index (κ2) is 6.18. The first-order chi connectivity index (χ1) is 9.06. The SMILES string of the molecule is CCOc1cc(N)cc(OC2CC(C)CC(C)C2)c1. The van der Waals surface area contributed by atoms with E-state index in [2.05, 4.69) is 13.8 Å². The van der Waals surface area contributed by atoms with Gasteiger partial charge in [0.2, 0.25) is 0 Å². The fourth-order valence-electron chi connectivity index (χ4n) is 3.07. The Labute approximate surface area is 116 Å². The molecule has 0 spiro atoms. The summed E-state index contributed by atoms with van der Waals surface area (Å²) in [6, 6.07) is 5.65. The number of hydrogen-bond acceptors (Lipinski definition) is 3. The van der Waals surface area contributed by atoms with E-state index in [1.54, 1.807) is 0 Å². The van der Waals surface area contributed by atoms with Gasteiger partial charge < -0.3 is 15.2 Å². The molecule has 19 heavy (non-hydrogen) atoms. The van der Waals surface area contributed by atoms with Gasteiger partial charge in [-0.3, -0.25) is 0 Å². The molecule has 3 nitrogen and oxygen atoms in total. The fraction of sp³-hybridized carbons (Fsp3) is 0.625. The Hall–Kier alpha value is -1.38. The second-order valence-corrected chi connectivity index (χ2v) is 5.83. The third-order valence-corrected chi connectivity index (χ3v) is 3.65. The summed E-state index contributed by atoms with van der Waals surface area (Å²) in [4.78, 5) is 0. The molecule has 3 heteroatoms. The van der Waals surface area contributed by atoms with Crippen LogP contribution in [-0.2, 0) is 0 Å². The minimum atomic E-state index is 0.301. The Morgan fingerprint density at radius 1 is 1.05 bits per heavy atom. The number of benzene rings is 1. The van der Waals surface area contributed by atoms with Crippen LogP contribution in [0, 0.1) is 11.8 Å². The molecule has 2 unspecified atom stereocenters. The van der Waals surface area contributed by atoms with Gasteiger partial charge in [-0.15, -0.1) is 0 Å². The van der Waals surface area contributed by atoms with Gasteiger partial charge in [0.15, 0.2) is 0 Å². The molecule has 1 fully saturated rings. The van der Waals surface area contributed by atoms with Crippen LogP contribution in [0.15, 0.2) is 18.2 Å². The van der Waals surface area contributed by atoms with Crippen molar-refractivity contribution in [3.05, 3.63) is 18.2 Å². The summed E-state index contributed by atoms with van der Waals surface area (Å²) >= 11 is 0. The van der Waals surface area contributed by atoms with Crippen LogP contribution >= 0.6 is 0 Å². The van der Waals surface area contributed by atoms with Crippen LogP contribution in [0.3, 0.4) is 0 Å². The molecule has 1 aromatic carbocycles. The van der Waals surface area contributed by atoms with Crippen LogP contribution in [0.1, 0.15) is 40.0 Å². The zero-order valence-electron chi connectivity index (χ0n) is 12.2. The zero-order valence-corrected chi connectivity index (χ0v) is 12.2. The van der Waals surface area contributed by atoms with Crippen molar-refractivity contribution in [3.63, 3.8) is 0 Å². The third kappa shape index (κ3) is 4.05. The molecule has 2 N–H and O–H groups in total. The van der Waals surface area contributed by atoms with Crippen LogP contribution in [0.5, 0.6) is 11.5 Å². The van der Waals surface area contributed by atoms with Gasteiger partial charge in [0.25, 0.3) is 0 Å². The van der Waals surface area contributed by atoms with Gasteiger partial charge in [0.1, 0.15) is 11.5 Å². The Bertz CT molecular complexity index is 409. The molecular weight excluding hydrogens is 238 g/mol. The van der Waals surface area contributed by atoms with Crippen LogP contribution < -0.4 is 15.2 Å². The number of hydrogen-bond donors (Lipinski definition) is 1. The number of ether oxygens (including phenoxy) is 2. The van der Waals surface area contributed by atoms with Crippen molar-refractivity contribution in [3.8, 4) is 11.5 Å². The maximum absolute atomic E-state index is 6.10. The fourth-order valence-corrected chi connectivity index (χ4v) is 3.07. The number of rotatable bonds is 4. The minimum absolute atomic E-state index is 0.301. The maximum Gasteiger partial charge on any atom is 0.125 e. The van der Waals surface area contributed by atoms with E-state index in [9.17, 15) is 0 Å². The smallest absolute Gasteiger partial charge is 0.125 e. The van der Waals surface area contributed by atoms with E-state index >= 15 is 0 Å². The summed E-state index contributed by atoms with van der Waals surface area (Å²) in [7, 11) is 0. The molecule has 1 aromatic rings. The molecule has 0 amide bonds. The van der Waals surface area contributed by atoms with Crippen molar-refractivity contribution in [1.82, 2.24) is 0 Å². The summed E-state index contributed by atoms with van der Waals surface area (Å²) in [6.07, 6.45) is 3.86. The van der Waals surface area contributed by atoms with Crippen molar-refractivity contribution >= 4 is 5.69 Å². The first kappa shape index (κ1) is 14.0. The molecule has 0 aromatic heterocycles. The first-order valence-electron chi connectivity index (χ1n) is 7.26. The Balaban J connectivity index is 2.05. The predicted octanol–water partition coefficient (Wildman–Crippen LogP) is 3.87. The van der Waals surface area contributed by atoms with Gasteiger partial charge in [0, 0.05) is 23.9 Å². The lowest BCUT2D eigenvalue weighted by atomic mass is 9.82. The molecule has 0 radical (unpaired) electrons. The Kier molecular flexibility index (Phi) is 4.56. The van der Waals surface area contributed by atoms with E-state index in [0.29, 0.717) is 18.4 Å². The molecule has 1 aliphatic carbocycles. The standard InChI is InChI=1S/C16H25NO2/c1-4-18-14-8-13(17)9-16(10-14)19-15-6-11(2)5-12(3)7-15/h8-12,15H,4-7,17H2,1-3H3. The highest BCUT2D eigenvalue weighted by atomic mass is 16.5. The van der Waals surface area contributed by atoms with Gasteiger partial charge in [-0.1, -0.05) is 13.8 Å². The highest BCUT2D eigenvalue weighted by Crippen LogP contribution is 2.33. The molecule has 1 saturated carbocycles. The summed E-state index contributed by atoms with van der Waals surface area (Å²) in [6.45, 7) is 7.21. The van der Waals surface area contributed by atoms with E-state index in [-0.39, 0.29) is 0 Å². The molecule has 1 aliphatic rings. The normalized spacial score (nSPS) is 27.0. The summed E-state index contributed by atoms with van der Waals surface area (Å²) < 4.78 is 11.6. The van der Waals surface area contributed by atoms with Gasteiger partial charge in [-0.2, -0.15) is 0 Å². The van der Waals surface area contributed by atoms with Gasteiger partial charge >= 0.3 is 0 Å². The molecule has 0 aliphatic heterocycles. The number of nitrogen functional groups attached to an aromatic ring is 1. The van der Waals surface area contributed by atoms with Crippen molar-refractivity contribution in [1.29, 1.82) is 0 Å². The number of anilines is 1. The monoisotopic (exact) mass is 263 g/mol. The van der Waals surface area contributed by atoms with Gasteiger partial charge in [-0.25, -0.2) is 0 Å². The first-order valence-corrected chi connectivity index (χ1v) is 7.26. The average Bonchev–Trinajstić information content (AvgIpc) is 2.26. The summed E-state index contributed by atoms with van der Waals surface area (Å²) in [5.41, 5.74) is 6.58. The third-order valence-electron chi connectivity index (χ3n) is 3.65. The molecule has 2 atom stereocenters. The van der Waals surface area contributed by atoms with Crippen molar-refractivity contribution in [2.24, 2.45) is 11.8 Å². The molecule has 0 bridgehead atoms. The van der Waals surface area contributed by atoms with Gasteiger partial charge in [-0.05, 0) is 38.0 Å². The van der Waals surface area contributed by atoms with Crippen molar-refractivity contribution < 1.29 is 9.47 Å². The topological polar surface area (TPSA) is 44.5 Å². The lowest BCUT2D eigenvalue weighted by Crippen LogP contribution is -2.28. The zero-order chi connectivity index (χ0) is 13.8. The minimum Gasteiger partial charge on any atom is -0.494 e. The molecule has 2 rings (SSSR count). The molecule has 0 heterocycles. The van der Waals surface area contributed by atoms with E-state index in [0.717, 1.165) is 36.2 Å². The lowest BCUT2D eigenvalue weighted by Gasteiger charge is -2.31. The Morgan fingerprint density at radius 2 is 1.68 bits per heavy atom. The highest BCUT2D eigenvalue weighted by molar-refractivity contribution is 5.50. The largest absolute Gasteiger partial charge is 0.494 e. The van der Waals surface area contributed by atoms with Crippen LogP contribution in [-0.4, -0.2) is 12.7 Å². The Morgan fingerprint density at radius 3 is 2.32 bits per heavy atom. The lowest BCUT2D eigenvalue weighted by molar-refractivity contribution is 0.101. The van der Waals surface area contributed by atoms with Crippen molar-refractivity contribution in [2.75, 3.05) is 12.3 Å². The second-order valence-electron chi connectivity index (χ2n) is 5.83. The highest BCUT2D eigenvalue weighted by Gasteiger charge is 2.25. The molecule has 0 saturated heterocycles. The van der Waals surface area contributed by atoms with Crippen LogP contribution in [0.25, 0.3) is 0 Å². The quantitative estimate of drug-likeness (QED) is 0.839. The average molecular weight is 263 g/mol. The van der Waals surface area contributed by atoms with Gasteiger partial charge in [0.05, 0.1) is 12.7 Å². The maximum atomic E-state index is 6.10. The summed E-state index contributed by atoms with van der Waals surface area (Å²) in [5.74, 6) is 3.09. The number of nitrogens with two attached hydrogens (primary N) is 1. The van der Waals surface area contributed by atoms with E-state index in [1.807, 2.05) is 25.1 Å². The molecular formula is C16H25NO2. The van der Waals surface area contributed by atoms with E-state index < -0.39 is 0 Å². The summed E-state index contributed by atoms with van der Waals surface area (Å²) in [5, 5.41) is 0. The predicted molar refractivity (Wildman–Crippen MR) is 78.6 cm³/mol.